The molecule has 1 unspecified atom stereocenters. The molecule has 286 valence electrons. The van der Waals surface area contributed by atoms with Gasteiger partial charge in [-0.2, -0.15) is 0 Å². The van der Waals surface area contributed by atoms with Crippen molar-refractivity contribution < 1.29 is 63.3 Å². The van der Waals surface area contributed by atoms with E-state index < -0.39 is 110 Å². The lowest BCUT2D eigenvalue weighted by Gasteiger charge is -2.24. The van der Waals surface area contributed by atoms with Crippen LogP contribution in [0.5, 0.6) is 0 Å². The zero-order chi connectivity index (χ0) is 38.7. The third-order valence-electron chi connectivity index (χ3n) is 7.43. The molecule has 0 saturated carbocycles. The van der Waals surface area contributed by atoms with Gasteiger partial charge in [-0.15, -0.1) is 0 Å². The molecule has 21 nitrogen and oxygen atoms in total. The zero-order valence-corrected chi connectivity index (χ0v) is 28.5. The average Bonchev–Trinajstić information content (AvgIpc) is 3.55. The number of hydrogen-bond acceptors (Lipinski definition) is 11. The molecule has 0 bridgehead atoms. The third kappa shape index (κ3) is 17.2. The van der Waals surface area contributed by atoms with Crippen LogP contribution in [0.2, 0.25) is 0 Å². The molecule has 0 aromatic carbocycles. The Kier molecular flexibility index (Phi) is 19.2. The van der Waals surface area contributed by atoms with Crippen LogP contribution in [-0.2, 0) is 47.9 Å². The van der Waals surface area contributed by atoms with E-state index in [0.29, 0.717) is 12.8 Å². The molecule has 0 aromatic heterocycles. The van der Waals surface area contributed by atoms with Crippen molar-refractivity contribution in [2.75, 3.05) is 32.8 Å². The number of carboxylic acids is 2. The highest BCUT2D eigenvalue weighted by Crippen LogP contribution is 2.19. The normalized spacial score (nSPS) is 15.5. The van der Waals surface area contributed by atoms with Gasteiger partial charge in [0.05, 0.1) is 26.2 Å². The van der Waals surface area contributed by atoms with E-state index in [1.54, 1.807) is 13.8 Å². The maximum Gasteiger partial charge on any atom is 0.326 e. The van der Waals surface area contributed by atoms with Gasteiger partial charge in [-0.1, -0.05) is 13.8 Å². The summed E-state index contributed by atoms with van der Waals surface area (Å²) in [5.41, 5.74) is 5.14. The SMILES string of the molecule is CC(C)C[C@H](NC(=O)CNC(=O)[C@H](CCC(N)=O)NC(=O)CNC(=O)[C@H](CO)NC(=O)CNC(=O)C1CCCN1C(=O)CCCC(=O)O)C(=O)O. The molecule has 4 atom stereocenters. The van der Waals surface area contributed by atoms with E-state index >= 15 is 0 Å². The first-order chi connectivity index (χ1) is 23.9. The van der Waals surface area contributed by atoms with Gasteiger partial charge >= 0.3 is 11.9 Å². The van der Waals surface area contributed by atoms with E-state index in [-0.39, 0.29) is 51.0 Å². The Hall–Kier alpha value is -5.34. The van der Waals surface area contributed by atoms with Crippen LogP contribution in [0.4, 0.5) is 0 Å². The maximum absolute atomic E-state index is 12.7. The van der Waals surface area contributed by atoms with E-state index in [1.807, 2.05) is 0 Å². The average molecular weight is 729 g/mol. The minimum Gasteiger partial charge on any atom is -0.481 e. The molecular weight excluding hydrogens is 680 g/mol. The Balaban J connectivity index is 2.63. The monoisotopic (exact) mass is 728 g/mol. The standard InChI is InChI=1S/C30H48N8O13/c1-16(2)11-18(30(50)51)36-23(42)13-32-27(47)17(8-9-21(31)40)35-22(41)12-33-28(48)19(15-39)37-24(43)14-34-29(49)20-5-4-10-38(20)25(44)6-3-7-26(45)46/h16-20,39H,3-15H2,1-2H3,(H2,31,40)(H,32,47)(H,33,48)(H,34,49)(H,35,41)(H,36,42)(H,37,43)(H,45,46)(H,50,51)/t17-,18-,19-,20?/m0/s1. The predicted molar refractivity (Wildman–Crippen MR) is 174 cm³/mol. The van der Waals surface area contributed by atoms with E-state index in [2.05, 4.69) is 31.9 Å². The summed E-state index contributed by atoms with van der Waals surface area (Å²) in [6.45, 7) is 0.882. The number of hydrogen-bond donors (Lipinski definition) is 10. The van der Waals surface area contributed by atoms with Crippen molar-refractivity contribution in [3.63, 3.8) is 0 Å². The van der Waals surface area contributed by atoms with Crippen molar-refractivity contribution in [3.8, 4) is 0 Å². The highest BCUT2D eigenvalue weighted by molar-refractivity contribution is 5.95. The number of carbonyl (C=O) groups excluding carboxylic acids is 8. The molecular formula is C30H48N8O13. The van der Waals surface area contributed by atoms with Gasteiger partial charge in [-0.3, -0.25) is 43.2 Å². The lowest BCUT2D eigenvalue weighted by atomic mass is 10.0. The van der Waals surface area contributed by atoms with Crippen molar-refractivity contribution in [3.05, 3.63) is 0 Å². The summed E-state index contributed by atoms with van der Waals surface area (Å²) in [6, 6.07) is -5.01. The van der Waals surface area contributed by atoms with Crippen molar-refractivity contribution in [1.82, 2.24) is 36.8 Å². The molecule has 0 aliphatic carbocycles. The number of aliphatic hydroxyl groups is 1. The second-order valence-electron chi connectivity index (χ2n) is 12.2. The van der Waals surface area contributed by atoms with Gasteiger partial charge < -0.3 is 57.9 Å². The van der Waals surface area contributed by atoms with Crippen LogP contribution in [0, 0.1) is 5.92 Å². The van der Waals surface area contributed by atoms with Gasteiger partial charge in [-0.25, -0.2) is 4.79 Å². The van der Waals surface area contributed by atoms with Crippen molar-refractivity contribution >= 4 is 59.2 Å². The summed E-state index contributed by atoms with van der Waals surface area (Å²) in [6.07, 6.45) is 0.208. The number of likely N-dealkylation sites (tertiary alicyclic amines) is 1. The minimum atomic E-state index is -1.56. The number of amides is 8. The van der Waals surface area contributed by atoms with Crippen LogP contribution in [-0.4, -0.2) is 136 Å². The number of aliphatic hydroxyl groups excluding tert-OH is 1. The van der Waals surface area contributed by atoms with Crippen LogP contribution in [0.15, 0.2) is 0 Å². The zero-order valence-electron chi connectivity index (χ0n) is 28.5. The number of nitrogens with one attached hydrogen (secondary N) is 6. The number of primary amides is 1. The fraction of sp³-hybridized carbons (Fsp3) is 0.667. The Morgan fingerprint density at radius 1 is 0.745 bits per heavy atom. The molecule has 1 aliphatic heterocycles. The first-order valence-corrected chi connectivity index (χ1v) is 16.3. The van der Waals surface area contributed by atoms with E-state index in [0.717, 1.165) is 0 Å². The molecule has 21 heteroatoms. The number of carboxylic acid groups (broad SMARTS) is 2. The number of carbonyl (C=O) groups is 10. The summed E-state index contributed by atoms with van der Waals surface area (Å²) in [5.74, 6) is -8.75. The van der Waals surface area contributed by atoms with Crippen molar-refractivity contribution in [2.24, 2.45) is 11.7 Å². The van der Waals surface area contributed by atoms with Crippen LogP contribution in [0.1, 0.15) is 65.2 Å². The van der Waals surface area contributed by atoms with Gasteiger partial charge in [0.25, 0.3) is 0 Å². The van der Waals surface area contributed by atoms with Crippen LogP contribution >= 0.6 is 0 Å². The molecule has 0 aromatic rings. The van der Waals surface area contributed by atoms with E-state index in [4.69, 9.17) is 10.8 Å². The topological polar surface area (TPSA) is 333 Å². The Bertz CT molecular complexity index is 1310. The molecule has 1 fully saturated rings. The number of rotatable bonds is 23. The predicted octanol–water partition coefficient (Wildman–Crippen LogP) is -4.58. The van der Waals surface area contributed by atoms with Gasteiger partial charge in [-0.05, 0) is 38.0 Å². The van der Waals surface area contributed by atoms with Gasteiger partial charge in [0.2, 0.25) is 47.3 Å². The van der Waals surface area contributed by atoms with Crippen LogP contribution < -0.4 is 37.6 Å². The third-order valence-corrected chi connectivity index (χ3v) is 7.43. The summed E-state index contributed by atoms with van der Waals surface area (Å²) in [7, 11) is 0. The van der Waals surface area contributed by atoms with Crippen molar-refractivity contribution in [2.45, 2.75) is 89.4 Å². The number of nitrogens with two attached hydrogens (primary N) is 1. The fourth-order valence-corrected chi connectivity index (χ4v) is 4.92. The van der Waals surface area contributed by atoms with Crippen LogP contribution in [0.3, 0.4) is 0 Å². The summed E-state index contributed by atoms with van der Waals surface area (Å²) in [4.78, 5) is 122. The van der Waals surface area contributed by atoms with Gasteiger partial charge in [0, 0.05) is 25.8 Å². The lowest BCUT2D eigenvalue weighted by Crippen LogP contribution is -2.55. The summed E-state index contributed by atoms with van der Waals surface area (Å²) >= 11 is 0. The molecule has 1 heterocycles. The fourth-order valence-electron chi connectivity index (χ4n) is 4.92. The molecule has 8 amide bonds. The molecule has 0 radical (unpaired) electrons. The minimum absolute atomic E-state index is 0.0512. The summed E-state index contributed by atoms with van der Waals surface area (Å²) in [5, 5.41) is 41.1. The smallest absolute Gasteiger partial charge is 0.326 e. The van der Waals surface area contributed by atoms with Crippen LogP contribution in [0.25, 0.3) is 0 Å². The highest BCUT2D eigenvalue weighted by Gasteiger charge is 2.34. The molecule has 11 N–H and O–H groups in total. The molecule has 1 aliphatic rings. The molecule has 0 spiro atoms. The van der Waals surface area contributed by atoms with Crippen molar-refractivity contribution in [1.29, 1.82) is 0 Å². The second kappa shape index (κ2) is 22.4. The largest absolute Gasteiger partial charge is 0.481 e. The Morgan fingerprint density at radius 2 is 1.27 bits per heavy atom. The first-order valence-electron chi connectivity index (χ1n) is 16.3. The lowest BCUT2D eigenvalue weighted by molar-refractivity contribution is -0.142. The number of aliphatic carboxylic acids is 2. The second-order valence-corrected chi connectivity index (χ2v) is 12.2. The van der Waals surface area contributed by atoms with E-state index in [9.17, 15) is 58.2 Å². The molecule has 1 rings (SSSR count). The number of nitrogens with zero attached hydrogens (tertiary/aromatic N) is 1. The molecule has 1 saturated heterocycles. The van der Waals surface area contributed by atoms with E-state index in [1.165, 1.54) is 4.90 Å². The Morgan fingerprint density at radius 3 is 1.78 bits per heavy atom. The van der Waals surface area contributed by atoms with Gasteiger partial charge in [0.15, 0.2) is 0 Å². The quantitative estimate of drug-likeness (QED) is 0.0474. The maximum atomic E-state index is 12.7. The first kappa shape index (κ1) is 43.7. The highest BCUT2D eigenvalue weighted by atomic mass is 16.4. The van der Waals surface area contributed by atoms with Gasteiger partial charge in [0.1, 0.15) is 24.2 Å². The summed E-state index contributed by atoms with van der Waals surface area (Å²) < 4.78 is 0. The Labute approximate surface area is 293 Å². The molecule has 51 heavy (non-hydrogen) atoms.